The van der Waals surface area contributed by atoms with Gasteiger partial charge in [0.25, 0.3) is 12.1 Å². The standard InChI is InChI=1S/C13H10F16O/c14-5-7(16,2-1-3-8(5,17)18)4-30-9(19,6(15)10(20,21)22)11(23,12(24,25)26)13(27,28)29/h5-6H,1-4H2. The van der Waals surface area contributed by atoms with Crippen molar-refractivity contribution in [3.63, 3.8) is 0 Å². The van der Waals surface area contributed by atoms with E-state index in [1.807, 2.05) is 0 Å². The van der Waals surface area contributed by atoms with Crippen molar-refractivity contribution in [2.45, 2.75) is 73.2 Å². The molecule has 0 aromatic carbocycles. The highest BCUT2D eigenvalue weighted by molar-refractivity contribution is 5.11. The Morgan fingerprint density at radius 2 is 1.23 bits per heavy atom. The molecule has 180 valence electrons. The first-order chi connectivity index (χ1) is 13.0. The summed E-state index contributed by atoms with van der Waals surface area (Å²) in [5, 5.41) is 0. The van der Waals surface area contributed by atoms with Gasteiger partial charge >= 0.3 is 30.1 Å². The van der Waals surface area contributed by atoms with Gasteiger partial charge in [0, 0.05) is 6.42 Å². The lowest BCUT2D eigenvalue weighted by atomic mass is 9.82. The van der Waals surface area contributed by atoms with Crippen molar-refractivity contribution in [3.8, 4) is 0 Å². The summed E-state index contributed by atoms with van der Waals surface area (Å²) in [6, 6.07) is 0. The van der Waals surface area contributed by atoms with E-state index in [0.717, 1.165) is 0 Å². The van der Waals surface area contributed by atoms with E-state index in [1.165, 1.54) is 0 Å². The quantitative estimate of drug-likeness (QED) is 0.417. The monoisotopic (exact) mass is 486 g/mol. The van der Waals surface area contributed by atoms with E-state index in [0.29, 0.717) is 0 Å². The molecular formula is C13H10F16O. The number of hydrogen-bond acceptors (Lipinski definition) is 1. The first-order valence-corrected chi connectivity index (χ1v) is 7.54. The van der Waals surface area contributed by atoms with E-state index in [9.17, 15) is 70.2 Å². The average Bonchev–Trinajstić information content (AvgIpc) is 2.53. The molecule has 1 aliphatic carbocycles. The Hall–Kier alpha value is -1.16. The third kappa shape index (κ3) is 4.26. The number of alkyl halides is 16. The normalized spacial score (nSPS) is 29.4. The summed E-state index contributed by atoms with van der Waals surface area (Å²) in [5.74, 6) is -11.7. The third-order valence-electron chi connectivity index (χ3n) is 4.31. The first-order valence-electron chi connectivity index (χ1n) is 7.54. The fourth-order valence-electron chi connectivity index (χ4n) is 2.73. The molecule has 1 aliphatic rings. The van der Waals surface area contributed by atoms with E-state index in [-0.39, 0.29) is 0 Å². The summed E-state index contributed by atoms with van der Waals surface area (Å²) < 4.78 is 212. The van der Waals surface area contributed by atoms with Crippen LogP contribution in [0.1, 0.15) is 19.3 Å². The van der Waals surface area contributed by atoms with Crippen LogP contribution >= 0.6 is 0 Å². The van der Waals surface area contributed by atoms with Gasteiger partial charge in [0.15, 0.2) is 11.8 Å². The molecule has 0 aromatic heterocycles. The highest BCUT2D eigenvalue weighted by Crippen LogP contribution is 2.58. The first kappa shape index (κ1) is 26.9. The lowest BCUT2D eigenvalue weighted by Crippen LogP contribution is -2.73. The van der Waals surface area contributed by atoms with Crippen molar-refractivity contribution >= 4 is 0 Å². The average molecular weight is 486 g/mol. The van der Waals surface area contributed by atoms with E-state index >= 15 is 0 Å². The largest absolute Gasteiger partial charge is 0.437 e. The SMILES string of the molecule is FC1C(F)(F)CCCC1(F)COC(F)(C(F)C(F)(F)F)C(F)(C(F)(F)F)C(F)(F)F. The second-order valence-electron chi connectivity index (χ2n) is 6.50. The van der Waals surface area contributed by atoms with Crippen LogP contribution in [0.4, 0.5) is 70.2 Å². The van der Waals surface area contributed by atoms with Gasteiger partial charge in [-0.25, -0.2) is 30.7 Å². The molecule has 0 heterocycles. The molecule has 17 heteroatoms. The van der Waals surface area contributed by atoms with Gasteiger partial charge in [0.05, 0.1) is 6.61 Å². The second-order valence-corrected chi connectivity index (χ2v) is 6.50. The minimum Gasteiger partial charge on any atom is -0.337 e. The summed E-state index contributed by atoms with van der Waals surface area (Å²) in [4.78, 5) is 0. The molecule has 1 saturated carbocycles. The molecule has 4 atom stereocenters. The predicted molar refractivity (Wildman–Crippen MR) is 64.2 cm³/mol. The van der Waals surface area contributed by atoms with Crippen LogP contribution in [0.2, 0.25) is 0 Å². The Labute approximate surface area is 156 Å². The molecule has 1 rings (SSSR count). The minimum atomic E-state index is -7.75. The van der Waals surface area contributed by atoms with Crippen LogP contribution < -0.4 is 0 Å². The summed E-state index contributed by atoms with van der Waals surface area (Å²) in [7, 11) is 0. The molecule has 4 unspecified atom stereocenters. The van der Waals surface area contributed by atoms with Crippen LogP contribution in [-0.4, -0.2) is 60.6 Å². The smallest absolute Gasteiger partial charge is 0.337 e. The summed E-state index contributed by atoms with van der Waals surface area (Å²) in [6.45, 7) is -3.02. The van der Waals surface area contributed by atoms with E-state index in [2.05, 4.69) is 4.74 Å². The molecule has 30 heavy (non-hydrogen) atoms. The van der Waals surface area contributed by atoms with Crippen molar-refractivity contribution in [2.24, 2.45) is 0 Å². The fourth-order valence-corrected chi connectivity index (χ4v) is 2.73. The van der Waals surface area contributed by atoms with Crippen LogP contribution in [-0.2, 0) is 4.74 Å². The van der Waals surface area contributed by atoms with E-state index in [1.54, 1.807) is 0 Å². The van der Waals surface area contributed by atoms with Gasteiger partial charge in [-0.15, -0.1) is 0 Å². The zero-order valence-corrected chi connectivity index (χ0v) is 13.9. The summed E-state index contributed by atoms with van der Waals surface area (Å²) in [5.41, 5.74) is -12.1. The third-order valence-corrected chi connectivity index (χ3v) is 4.31. The van der Waals surface area contributed by atoms with Gasteiger partial charge in [-0.1, -0.05) is 0 Å². The molecule has 0 N–H and O–H groups in total. The molecule has 0 saturated heterocycles. The topological polar surface area (TPSA) is 9.23 Å². The maximum atomic E-state index is 14.4. The number of ether oxygens (including phenoxy) is 1. The van der Waals surface area contributed by atoms with Crippen molar-refractivity contribution in [3.05, 3.63) is 0 Å². The van der Waals surface area contributed by atoms with Gasteiger partial charge in [-0.3, -0.25) is 0 Å². The van der Waals surface area contributed by atoms with Crippen LogP contribution in [0.15, 0.2) is 0 Å². The Kier molecular flexibility index (Phi) is 6.69. The molecule has 0 aliphatic heterocycles. The van der Waals surface area contributed by atoms with Gasteiger partial charge in [0.2, 0.25) is 0 Å². The minimum absolute atomic E-state index is 1.02. The highest BCUT2D eigenvalue weighted by atomic mass is 19.4. The van der Waals surface area contributed by atoms with Crippen LogP contribution in [0.5, 0.6) is 0 Å². The zero-order chi connectivity index (χ0) is 24.2. The zero-order valence-electron chi connectivity index (χ0n) is 13.9. The lowest BCUT2D eigenvalue weighted by molar-refractivity contribution is -0.443. The number of halogens is 16. The van der Waals surface area contributed by atoms with Crippen LogP contribution in [0.25, 0.3) is 0 Å². The van der Waals surface area contributed by atoms with E-state index in [4.69, 9.17) is 0 Å². The van der Waals surface area contributed by atoms with Crippen molar-refractivity contribution in [2.75, 3.05) is 6.61 Å². The van der Waals surface area contributed by atoms with E-state index < -0.39 is 79.9 Å². The summed E-state index contributed by atoms with van der Waals surface area (Å²) in [6.07, 6.45) is -36.4. The van der Waals surface area contributed by atoms with Crippen molar-refractivity contribution < 1.29 is 75.0 Å². The van der Waals surface area contributed by atoms with Gasteiger partial charge < -0.3 is 4.74 Å². The van der Waals surface area contributed by atoms with Gasteiger partial charge in [-0.2, -0.15) is 39.5 Å². The van der Waals surface area contributed by atoms with Crippen molar-refractivity contribution in [1.82, 2.24) is 0 Å². The van der Waals surface area contributed by atoms with Gasteiger partial charge in [-0.05, 0) is 12.8 Å². The number of rotatable bonds is 5. The Morgan fingerprint density at radius 1 is 0.800 bits per heavy atom. The number of hydrogen-bond donors (Lipinski definition) is 0. The molecule has 0 radical (unpaired) electrons. The molecular weight excluding hydrogens is 476 g/mol. The maximum absolute atomic E-state index is 14.4. The Balaban J connectivity index is 3.54. The lowest BCUT2D eigenvalue weighted by Gasteiger charge is -2.44. The van der Waals surface area contributed by atoms with Crippen LogP contribution in [0, 0.1) is 0 Å². The molecule has 1 fully saturated rings. The van der Waals surface area contributed by atoms with Gasteiger partial charge in [0.1, 0.15) is 0 Å². The molecule has 1 nitrogen and oxygen atoms in total. The summed E-state index contributed by atoms with van der Waals surface area (Å²) >= 11 is 0. The Bertz CT molecular complexity index is 594. The van der Waals surface area contributed by atoms with Crippen LogP contribution in [0.3, 0.4) is 0 Å². The molecule has 0 amide bonds. The predicted octanol–water partition coefficient (Wildman–Crippen LogP) is 6.27. The molecule has 0 bridgehead atoms. The van der Waals surface area contributed by atoms with Crippen molar-refractivity contribution in [1.29, 1.82) is 0 Å². The highest BCUT2D eigenvalue weighted by Gasteiger charge is 2.88. The molecule has 0 aromatic rings. The fraction of sp³-hybridized carbons (Fsp3) is 1.00. The second kappa shape index (κ2) is 7.46. The maximum Gasteiger partial charge on any atom is 0.437 e. The Morgan fingerprint density at radius 3 is 1.60 bits per heavy atom. The molecule has 0 spiro atoms.